The summed E-state index contributed by atoms with van der Waals surface area (Å²) in [5, 5.41) is 5.23. The highest BCUT2D eigenvalue weighted by Crippen LogP contribution is 2.13. The van der Waals surface area contributed by atoms with Crippen LogP contribution in [0.15, 0.2) is 64.6 Å². The maximum absolute atomic E-state index is 5.97. The van der Waals surface area contributed by atoms with Crippen molar-refractivity contribution in [2.24, 2.45) is 22.6 Å². The number of halogens is 1. The van der Waals surface area contributed by atoms with Gasteiger partial charge in [0.2, 0.25) is 0 Å². The van der Waals surface area contributed by atoms with E-state index in [0.717, 1.165) is 22.5 Å². The fraction of sp³-hybridized carbons (Fsp3) is 0.316. The molecular weight excluding hydrogens is 334 g/mol. The normalized spacial score (nSPS) is 14.2. The Kier molecular flexibility index (Phi) is 8.99. The van der Waals surface area contributed by atoms with E-state index in [1.165, 1.54) is 0 Å². The number of hydrogen-bond donors (Lipinski definition) is 4. The second-order valence-electron chi connectivity index (χ2n) is 6.00. The van der Waals surface area contributed by atoms with Crippen LogP contribution >= 0.6 is 11.6 Å². The third kappa shape index (κ3) is 7.56. The molecule has 0 fully saturated rings. The van der Waals surface area contributed by atoms with Crippen LogP contribution in [0.5, 0.6) is 0 Å². The summed E-state index contributed by atoms with van der Waals surface area (Å²) in [6, 6.07) is 7.49. The maximum atomic E-state index is 5.97. The summed E-state index contributed by atoms with van der Waals surface area (Å²) in [5.41, 5.74) is 16.1. The van der Waals surface area contributed by atoms with Gasteiger partial charge in [0.25, 0.3) is 0 Å². The van der Waals surface area contributed by atoms with Gasteiger partial charge in [-0.3, -0.25) is 16.7 Å². The van der Waals surface area contributed by atoms with Gasteiger partial charge in [0, 0.05) is 28.5 Å². The zero-order valence-electron chi connectivity index (χ0n) is 15.3. The van der Waals surface area contributed by atoms with Crippen molar-refractivity contribution < 1.29 is 0 Å². The summed E-state index contributed by atoms with van der Waals surface area (Å²) in [5.74, 6) is 5.69. The van der Waals surface area contributed by atoms with Gasteiger partial charge in [-0.15, -0.1) is 0 Å². The van der Waals surface area contributed by atoms with E-state index in [0.29, 0.717) is 17.3 Å². The number of rotatable bonds is 8. The van der Waals surface area contributed by atoms with E-state index >= 15 is 0 Å². The molecule has 0 bridgehead atoms. The Morgan fingerprint density at radius 2 is 1.88 bits per heavy atom. The van der Waals surface area contributed by atoms with Crippen LogP contribution in [0.2, 0.25) is 5.02 Å². The molecule has 1 aromatic carbocycles. The molecule has 1 rings (SSSR count). The topological polar surface area (TPSA) is 88.5 Å². The third-order valence-electron chi connectivity index (χ3n) is 3.45. The highest BCUT2D eigenvalue weighted by atomic mass is 35.5. The summed E-state index contributed by atoms with van der Waals surface area (Å²) < 4.78 is 0. The highest BCUT2D eigenvalue weighted by molar-refractivity contribution is 6.30. The lowest BCUT2D eigenvalue weighted by atomic mass is 10.1. The molecule has 0 aliphatic carbocycles. The monoisotopic (exact) mass is 361 g/mol. The van der Waals surface area contributed by atoms with E-state index in [1.807, 2.05) is 56.3 Å². The van der Waals surface area contributed by atoms with Crippen molar-refractivity contribution in [3.63, 3.8) is 0 Å². The predicted octanol–water partition coefficient (Wildman–Crippen LogP) is 3.45. The summed E-state index contributed by atoms with van der Waals surface area (Å²) in [4.78, 5) is 0. The van der Waals surface area contributed by atoms with Crippen LogP contribution < -0.4 is 22.4 Å². The van der Waals surface area contributed by atoms with Gasteiger partial charge in [0.1, 0.15) is 0 Å². The van der Waals surface area contributed by atoms with E-state index in [2.05, 4.69) is 29.8 Å². The van der Waals surface area contributed by atoms with Crippen molar-refractivity contribution >= 4 is 17.3 Å². The Labute approximate surface area is 155 Å². The fourth-order valence-electron chi connectivity index (χ4n) is 2.02. The van der Waals surface area contributed by atoms with Gasteiger partial charge >= 0.3 is 0 Å². The minimum absolute atomic E-state index is 0.269. The van der Waals surface area contributed by atoms with E-state index < -0.39 is 0 Å². The maximum Gasteiger partial charge on any atom is 0.0922 e. The standard InChI is InChI=1S/C19H28ClN5/c1-5-15(12-23-22)11-18(13(2)3)24-25-19(10-14(4)21)16-6-8-17(20)9-7-16/h5-11,13,23-24H,12,21-22H2,1-4H3/b14-10+,15-5+,18-11-,25-19+. The zero-order valence-corrected chi connectivity index (χ0v) is 16.1. The molecule has 0 saturated carbocycles. The number of nitrogens with one attached hydrogen (secondary N) is 2. The molecule has 0 atom stereocenters. The first-order valence-electron chi connectivity index (χ1n) is 8.21. The minimum atomic E-state index is 0.269. The molecule has 0 heterocycles. The van der Waals surface area contributed by atoms with Crippen LogP contribution in [-0.2, 0) is 0 Å². The van der Waals surface area contributed by atoms with E-state index in [9.17, 15) is 0 Å². The molecule has 25 heavy (non-hydrogen) atoms. The molecule has 0 amide bonds. The average Bonchev–Trinajstić information content (AvgIpc) is 2.56. The van der Waals surface area contributed by atoms with Crippen LogP contribution in [0, 0.1) is 5.92 Å². The molecule has 0 unspecified atom stereocenters. The van der Waals surface area contributed by atoms with Crippen molar-refractivity contribution in [2.45, 2.75) is 27.7 Å². The lowest BCUT2D eigenvalue weighted by Gasteiger charge is -2.13. The zero-order chi connectivity index (χ0) is 18.8. The van der Waals surface area contributed by atoms with Crippen LogP contribution in [0.4, 0.5) is 0 Å². The van der Waals surface area contributed by atoms with Crippen molar-refractivity contribution in [1.29, 1.82) is 0 Å². The number of nitrogens with zero attached hydrogens (tertiary/aromatic N) is 1. The number of hydrazine groups is 1. The molecule has 6 N–H and O–H groups in total. The van der Waals surface area contributed by atoms with Crippen LogP contribution in [0.3, 0.4) is 0 Å². The molecule has 0 aliphatic heterocycles. The van der Waals surface area contributed by atoms with Crippen LogP contribution in [0.25, 0.3) is 0 Å². The number of benzene rings is 1. The van der Waals surface area contributed by atoms with Gasteiger partial charge in [-0.2, -0.15) is 5.10 Å². The number of hydrazone groups is 1. The summed E-state index contributed by atoms with van der Waals surface area (Å²) in [6.07, 6.45) is 5.89. The second-order valence-corrected chi connectivity index (χ2v) is 6.44. The minimum Gasteiger partial charge on any atom is -0.402 e. The van der Waals surface area contributed by atoms with Gasteiger partial charge in [0.05, 0.1) is 5.71 Å². The Hall–Kier alpha value is -2.08. The highest BCUT2D eigenvalue weighted by Gasteiger charge is 2.06. The summed E-state index contributed by atoms with van der Waals surface area (Å²) >= 11 is 5.97. The molecule has 0 aromatic heterocycles. The molecule has 1 aromatic rings. The number of hydrogen-bond acceptors (Lipinski definition) is 5. The van der Waals surface area contributed by atoms with Gasteiger partial charge < -0.3 is 5.73 Å². The number of nitrogens with two attached hydrogens (primary N) is 2. The molecule has 136 valence electrons. The van der Waals surface area contributed by atoms with Gasteiger partial charge in [-0.1, -0.05) is 43.7 Å². The first kappa shape index (κ1) is 21.0. The smallest absolute Gasteiger partial charge is 0.0922 e. The van der Waals surface area contributed by atoms with E-state index in [4.69, 9.17) is 23.2 Å². The Morgan fingerprint density at radius 3 is 2.36 bits per heavy atom. The van der Waals surface area contributed by atoms with Crippen LogP contribution in [0.1, 0.15) is 33.3 Å². The molecule has 6 heteroatoms. The van der Waals surface area contributed by atoms with Gasteiger partial charge in [0.15, 0.2) is 0 Å². The van der Waals surface area contributed by atoms with Gasteiger partial charge in [-0.05, 0) is 49.6 Å². The SMILES string of the molecule is C/C=C(\C=C(/N/N=C(\C=C(/C)N)c1ccc(Cl)cc1)C(C)C)CNN. The first-order valence-corrected chi connectivity index (χ1v) is 8.58. The Bertz CT molecular complexity index is 666. The third-order valence-corrected chi connectivity index (χ3v) is 3.70. The molecule has 0 saturated heterocycles. The van der Waals surface area contributed by atoms with E-state index in [1.54, 1.807) is 0 Å². The Morgan fingerprint density at radius 1 is 1.24 bits per heavy atom. The molecule has 0 radical (unpaired) electrons. The largest absolute Gasteiger partial charge is 0.402 e. The summed E-state index contributed by atoms with van der Waals surface area (Å²) in [6.45, 7) is 8.59. The lowest BCUT2D eigenvalue weighted by molar-refractivity contribution is 0.670. The fourth-order valence-corrected chi connectivity index (χ4v) is 2.15. The average molecular weight is 362 g/mol. The van der Waals surface area contributed by atoms with Crippen molar-refractivity contribution in [1.82, 2.24) is 10.9 Å². The van der Waals surface area contributed by atoms with Crippen LogP contribution in [-0.4, -0.2) is 12.3 Å². The quantitative estimate of drug-likeness (QED) is 0.247. The van der Waals surface area contributed by atoms with Gasteiger partial charge in [-0.25, -0.2) is 0 Å². The molecule has 5 nitrogen and oxygen atoms in total. The second kappa shape index (κ2) is 10.7. The first-order chi connectivity index (χ1) is 11.9. The molecular formula is C19H28ClN5. The molecule has 0 aliphatic rings. The van der Waals surface area contributed by atoms with Crippen molar-refractivity contribution in [2.75, 3.05) is 6.54 Å². The predicted molar refractivity (Wildman–Crippen MR) is 108 cm³/mol. The van der Waals surface area contributed by atoms with Crippen molar-refractivity contribution in [3.05, 3.63) is 70.0 Å². The summed E-state index contributed by atoms with van der Waals surface area (Å²) in [7, 11) is 0. The Balaban J connectivity index is 3.16. The molecule has 0 spiro atoms. The van der Waals surface area contributed by atoms with E-state index in [-0.39, 0.29) is 5.92 Å². The van der Waals surface area contributed by atoms with Crippen molar-refractivity contribution in [3.8, 4) is 0 Å². The lowest BCUT2D eigenvalue weighted by Crippen LogP contribution is -2.24. The number of allylic oxidation sites excluding steroid dienone is 4.